The fraction of sp³-hybridized carbons (Fsp3) is 0.500. The highest BCUT2D eigenvalue weighted by atomic mass is 16.5. The van der Waals surface area contributed by atoms with Crippen LogP contribution in [0.1, 0.15) is 75.1 Å². The molecule has 0 saturated heterocycles. The van der Waals surface area contributed by atoms with Crippen LogP contribution in [-0.2, 0) is 19.1 Å². The predicted molar refractivity (Wildman–Crippen MR) is 118 cm³/mol. The monoisotopic (exact) mass is 445 g/mol. The van der Waals surface area contributed by atoms with Crippen LogP contribution in [0, 0.1) is 11.8 Å². The Balaban J connectivity index is 2.38. The number of aliphatic carboxylic acids is 1. The van der Waals surface area contributed by atoms with E-state index in [0.717, 1.165) is 11.1 Å². The van der Waals surface area contributed by atoms with Crippen LogP contribution in [0.4, 0.5) is 5.69 Å². The van der Waals surface area contributed by atoms with E-state index >= 15 is 0 Å². The molecule has 0 bridgehead atoms. The van der Waals surface area contributed by atoms with Crippen LogP contribution < -0.4 is 5.32 Å². The number of hydrogen-bond donors (Lipinski definition) is 2. The summed E-state index contributed by atoms with van der Waals surface area (Å²) in [7, 11) is 0. The maximum Gasteiger partial charge on any atom is 0.338 e. The molecule has 1 aliphatic rings. The topological polar surface area (TPSA) is 119 Å². The van der Waals surface area contributed by atoms with Gasteiger partial charge in [0.05, 0.1) is 35.2 Å². The van der Waals surface area contributed by atoms with Crippen molar-refractivity contribution in [2.75, 3.05) is 5.32 Å². The molecule has 2 atom stereocenters. The molecule has 0 heterocycles. The van der Waals surface area contributed by atoms with Gasteiger partial charge < -0.3 is 19.9 Å². The maximum absolute atomic E-state index is 13.0. The van der Waals surface area contributed by atoms with Gasteiger partial charge in [-0.25, -0.2) is 9.59 Å². The van der Waals surface area contributed by atoms with Crippen LogP contribution in [0.25, 0.3) is 0 Å². The number of nitrogens with one attached hydrogen (secondary N) is 1. The standard InChI is InChI=1S/C24H31NO7/c1-12(2)31-23(29)16-9-17(24(30)32-13(3)4)11-18(10-16)25-21(26)19-7-14(5)15(6)8-20(19)22(27)28/h9-13,19-20H,7-8H2,1-6H3,(H,25,26)(H,27,28)/t19-,20+/m0/s1. The van der Waals surface area contributed by atoms with Crippen LogP contribution >= 0.6 is 0 Å². The van der Waals surface area contributed by atoms with E-state index in [1.54, 1.807) is 27.7 Å². The molecule has 0 unspecified atom stereocenters. The molecule has 2 rings (SSSR count). The van der Waals surface area contributed by atoms with E-state index in [1.165, 1.54) is 18.2 Å². The summed E-state index contributed by atoms with van der Waals surface area (Å²) < 4.78 is 10.4. The summed E-state index contributed by atoms with van der Waals surface area (Å²) in [5.41, 5.74) is 2.31. The van der Waals surface area contributed by atoms with Crippen molar-refractivity contribution in [3.8, 4) is 0 Å². The van der Waals surface area contributed by atoms with Gasteiger partial charge in [-0.1, -0.05) is 11.1 Å². The highest BCUT2D eigenvalue weighted by Gasteiger charge is 2.37. The van der Waals surface area contributed by atoms with Gasteiger partial charge in [0.2, 0.25) is 5.91 Å². The zero-order valence-electron chi connectivity index (χ0n) is 19.4. The number of carbonyl (C=O) groups excluding carboxylic acids is 3. The molecule has 1 amide bonds. The molecule has 0 aromatic heterocycles. The lowest BCUT2D eigenvalue weighted by Gasteiger charge is -2.29. The van der Waals surface area contributed by atoms with Crippen molar-refractivity contribution < 1.29 is 33.8 Å². The minimum atomic E-state index is -1.03. The average Bonchev–Trinajstić information content (AvgIpc) is 2.68. The molecule has 1 aromatic rings. The van der Waals surface area contributed by atoms with Crippen LogP contribution in [0.3, 0.4) is 0 Å². The lowest BCUT2D eigenvalue weighted by atomic mass is 9.76. The SMILES string of the molecule is CC1=C(C)C[C@@H](C(=O)O)[C@@H](C(=O)Nc2cc(C(=O)OC(C)C)cc(C(=O)OC(C)C)c2)C1. The van der Waals surface area contributed by atoms with Gasteiger partial charge >= 0.3 is 17.9 Å². The largest absolute Gasteiger partial charge is 0.481 e. The number of hydrogen-bond acceptors (Lipinski definition) is 6. The summed E-state index contributed by atoms with van der Waals surface area (Å²) in [5, 5.41) is 12.3. The zero-order chi connectivity index (χ0) is 24.2. The van der Waals surface area contributed by atoms with Crippen LogP contribution in [0.5, 0.6) is 0 Å². The Morgan fingerprint density at radius 3 is 1.69 bits per heavy atom. The van der Waals surface area contributed by atoms with Gasteiger partial charge in [-0.05, 0) is 72.6 Å². The number of anilines is 1. The number of esters is 2. The summed E-state index contributed by atoms with van der Waals surface area (Å²) in [5.74, 6) is -4.43. The number of rotatable bonds is 7. The van der Waals surface area contributed by atoms with Gasteiger partial charge in [0, 0.05) is 5.69 Å². The van der Waals surface area contributed by atoms with E-state index in [-0.39, 0.29) is 29.0 Å². The molecule has 2 N–H and O–H groups in total. The first-order valence-electron chi connectivity index (χ1n) is 10.6. The Bertz CT molecular complexity index is 905. The Hall–Kier alpha value is -3.16. The molecule has 0 radical (unpaired) electrons. The van der Waals surface area contributed by atoms with Crippen molar-refractivity contribution in [2.24, 2.45) is 11.8 Å². The van der Waals surface area contributed by atoms with Gasteiger partial charge in [-0.2, -0.15) is 0 Å². The molecular weight excluding hydrogens is 414 g/mol. The van der Waals surface area contributed by atoms with E-state index in [0.29, 0.717) is 12.8 Å². The highest BCUT2D eigenvalue weighted by Crippen LogP contribution is 2.35. The summed E-state index contributed by atoms with van der Waals surface area (Å²) in [6.07, 6.45) is -0.121. The second-order valence-electron chi connectivity index (χ2n) is 8.72. The Morgan fingerprint density at radius 1 is 0.844 bits per heavy atom. The maximum atomic E-state index is 13.0. The van der Waals surface area contributed by atoms with E-state index in [2.05, 4.69) is 5.32 Å². The summed E-state index contributed by atoms with van der Waals surface area (Å²) in [6.45, 7) is 10.6. The first-order chi connectivity index (χ1) is 14.9. The summed E-state index contributed by atoms with van der Waals surface area (Å²) >= 11 is 0. The second-order valence-corrected chi connectivity index (χ2v) is 8.72. The smallest absolute Gasteiger partial charge is 0.338 e. The van der Waals surface area contributed by atoms with Crippen LogP contribution in [0.15, 0.2) is 29.3 Å². The third-order valence-corrected chi connectivity index (χ3v) is 5.28. The zero-order valence-corrected chi connectivity index (χ0v) is 19.4. The summed E-state index contributed by atoms with van der Waals surface area (Å²) in [4.78, 5) is 49.6. The molecule has 0 fully saturated rings. The first-order valence-corrected chi connectivity index (χ1v) is 10.6. The molecule has 0 saturated carbocycles. The number of carboxylic acid groups (broad SMARTS) is 1. The van der Waals surface area contributed by atoms with Crippen LogP contribution in [0.2, 0.25) is 0 Å². The Kier molecular flexibility index (Phi) is 8.19. The van der Waals surface area contributed by atoms with Crippen molar-refractivity contribution in [1.29, 1.82) is 0 Å². The minimum absolute atomic E-state index is 0.0811. The van der Waals surface area contributed by atoms with Gasteiger partial charge in [0.1, 0.15) is 0 Å². The Labute approximate surface area is 188 Å². The number of carbonyl (C=O) groups is 4. The lowest BCUT2D eigenvalue weighted by Crippen LogP contribution is -2.36. The van der Waals surface area contributed by atoms with Crippen molar-refractivity contribution in [3.63, 3.8) is 0 Å². The molecule has 32 heavy (non-hydrogen) atoms. The van der Waals surface area contributed by atoms with E-state index in [9.17, 15) is 24.3 Å². The summed E-state index contributed by atoms with van der Waals surface area (Å²) in [6, 6.07) is 4.16. The number of ether oxygens (including phenoxy) is 2. The van der Waals surface area contributed by atoms with E-state index in [4.69, 9.17) is 9.47 Å². The van der Waals surface area contributed by atoms with Crippen molar-refractivity contribution in [1.82, 2.24) is 0 Å². The van der Waals surface area contributed by atoms with Gasteiger partial charge in [0.25, 0.3) is 0 Å². The van der Waals surface area contributed by atoms with Gasteiger partial charge in [0.15, 0.2) is 0 Å². The van der Waals surface area contributed by atoms with E-state index in [1.807, 2.05) is 13.8 Å². The first kappa shape index (κ1) is 25.1. The normalized spacial score (nSPS) is 18.5. The fourth-order valence-electron chi connectivity index (χ4n) is 3.56. The number of amides is 1. The fourth-order valence-corrected chi connectivity index (χ4v) is 3.56. The molecule has 0 aliphatic heterocycles. The van der Waals surface area contributed by atoms with Crippen molar-refractivity contribution in [2.45, 2.75) is 66.6 Å². The Morgan fingerprint density at radius 2 is 1.28 bits per heavy atom. The average molecular weight is 446 g/mol. The molecule has 1 aliphatic carbocycles. The lowest BCUT2D eigenvalue weighted by molar-refractivity contribution is -0.146. The number of carboxylic acids is 1. The highest BCUT2D eigenvalue weighted by molar-refractivity contribution is 6.01. The third kappa shape index (κ3) is 6.42. The second kappa shape index (κ2) is 10.4. The van der Waals surface area contributed by atoms with Crippen molar-refractivity contribution >= 4 is 29.5 Å². The third-order valence-electron chi connectivity index (χ3n) is 5.28. The molecule has 1 aromatic carbocycles. The molecule has 174 valence electrons. The molecule has 8 heteroatoms. The quantitative estimate of drug-likeness (QED) is 0.477. The molecular formula is C24H31NO7. The minimum Gasteiger partial charge on any atom is -0.481 e. The van der Waals surface area contributed by atoms with Crippen molar-refractivity contribution in [3.05, 3.63) is 40.5 Å². The van der Waals surface area contributed by atoms with Gasteiger partial charge in [-0.15, -0.1) is 0 Å². The van der Waals surface area contributed by atoms with Crippen LogP contribution in [-0.4, -0.2) is 41.1 Å². The molecule has 0 spiro atoms. The van der Waals surface area contributed by atoms with E-state index < -0.39 is 35.7 Å². The predicted octanol–water partition coefficient (Wildman–Crippen LogP) is 4.20. The van der Waals surface area contributed by atoms with Gasteiger partial charge in [-0.3, -0.25) is 9.59 Å². The number of benzene rings is 1. The molecule has 8 nitrogen and oxygen atoms in total. The number of allylic oxidation sites excluding steroid dienone is 2.